The molecular weight excluding hydrogens is 474 g/mol. The van der Waals surface area contributed by atoms with E-state index >= 15 is 0 Å². The van der Waals surface area contributed by atoms with E-state index in [0.29, 0.717) is 37.5 Å². The van der Waals surface area contributed by atoms with Gasteiger partial charge in [0.15, 0.2) is 16.1 Å². The van der Waals surface area contributed by atoms with Crippen LogP contribution in [0.4, 0.5) is 5.13 Å². The van der Waals surface area contributed by atoms with Crippen LogP contribution in [0.2, 0.25) is 5.02 Å². The number of rotatable bonds is 9. The predicted molar refractivity (Wildman–Crippen MR) is 124 cm³/mol. The SMILES string of the molecule is CCOC(=O)c1sc(NC(=O)CSc2nnc(COc3ccc(Cl)c(C)c3)n2C)nc1C. The van der Waals surface area contributed by atoms with Gasteiger partial charge in [0.25, 0.3) is 0 Å². The Kier molecular flexibility index (Phi) is 8.10. The van der Waals surface area contributed by atoms with Gasteiger partial charge in [0.1, 0.15) is 17.2 Å². The molecule has 3 rings (SSSR count). The van der Waals surface area contributed by atoms with E-state index in [9.17, 15) is 9.59 Å². The summed E-state index contributed by atoms with van der Waals surface area (Å²) in [6.45, 7) is 5.84. The summed E-state index contributed by atoms with van der Waals surface area (Å²) in [6, 6.07) is 5.42. The van der Waals surface area contributed by atoms with Crippen molar-refractivity contribution in [1.29, 1.82) is 0 Å². The molecule has 0 saturated heterocycles. The van der Waals surface area contributed by atoms with Gasteiger partial charge in [-0.25, -0.2) is 9.78 Å². The Morgan fingerprint density at radius 2 is 2.06 bits per heavy atom. The highest BCUT2D eigenvalue weighted by Gasteiger charge is 2.18. The van der Waals surface area contributed by atoms with Crippen molar-refractivity contribution >= 4 is 51.7 Å². The minimum absolute atomic E-state index is 0.108. The largest absolute Gasteiger partial charge is 0.486 e. The lowest BCUT2D eigenvalue weighted by Gasteiger charge is -2.08. The molecule has 2 aromatic heterocycles. The first-order valence-corrected chi connectivity index (χ1v) is 11.8. The molecule has 0 fully saturated rings. The Morgan fingerprint density at radius 3 is 2.78 bits per heavy atom. The van der Waals surface area contributed by atoms with Crippen molar-refractivity contribution in [2.75, 3.05) is 17.7 Å². The van der Waals surface area contributed by atoms with Crippen molar-refractivity contribution in [3.63, 3.8) is 0 Å². The number of thiazole rings is 1. The molecule has 1 amide bonds. The van der Waals surface area contributed by atoms with Gasteiger partial charge in [0.05, 0.1) is 18.1 Å². The summed E-state index contributed by atoms with van der Waals surface area (Å²) in [6.07, 6.45) is 0. The molecule has 0 aliphatic heterocycles. The quantitative estimate of drug-likeness (QED) is 0.350. The summed E-state index contributed by atoms with van der Waals surface area (Å²) in [5, 5.41) is 12.6. The second-order valence-corrected chi connectivity index (χ2v) is 9.00. The van der Waals surface area contributed by atoms with Gasteiger partial charge in [-0.3, -0.25) is 4.79 Å². The molecule has 2 heterocycles. The smallest absolute Gasteiger partial charge is 0.350 e. The lowest BCUT2D eigenvalue weighted by molar-refractivity contribution is -0.113. The molecule has 0 spiro atoms. The van der Waals surface area contributed by atoms with Crippen LogP contribution >= 0.6 is 34.7 Å². The molecule has 0 saturated carbocycles. The molecule has 170 valence electrons. The number of nitrogens with one attached hydrogen (secondary N) is 1. The van der Waals surface area contributed by atoms with E-state index < -0.39 is 5.97 Å². The van der Waals surface area contributed by atoms with Gasteiger partial charge in [-0.1, -0.05) is 34.7 Å². The van der Waals surface area contributed by atoms with Crippen molar-refractivity contribution in [2.24, 2.45) is 7.05 Å². The first kappa shape index (κ1) is 24.0. The van der Waals surface area contributed by atoms with E-state index in [4.69, 9.17) is 21.1 Å². The van der Waals surface area contributed by atoms with Gasteiger partial charge >= 0.3 is 5.97 Å². The Bertz CT molecular complexity index is 1130. The number of amides is 1. The third kappa shape index (κ3) is 5.99. The van der Waals surface area contributed by atoms with Gasteiger partial charge in [-0.05, 0) is 44.5 Å². The molecule has 0 radical (unpaired) electrons. The maximum Gasteiger partial charge on any atom is 0.350 e. The monoisotopic (exact) mass is 495 g/mol. The molecule has 0 aliphatic rings. The van der Waals surface area contributed by atoms with Gasteiger partial charge in [-0.15, -0.1) is 10.2 Å². The van der Waals surface area contributed by atoms with Crippen LogP contribution in [0, 0.1) is 13.8 Å². The highest BCUT2D eigenvalue weighted by Crippen LogP contribution is 2.25. The van der Waals surface area contributed by atoms with Crippen LogP contribution in [0.5, 0.6) is 5.75 Å². The first-order valence-electron chi connectivity index (χ1n) is 9.62. The predicted octanol–water partition coefficient (Wildman–Crippen LogP) is 4.03. The normalized spacial score (nSPS) is 10.8. The zero-order valence-corrected chi connectivity index (χ0v) is 20.4. The number of halogens is 1. The van der Waals surface area contributed by atoms with Crippen molar-refractivity contribution < 1.29 is 19.1 Å². The molecule has 0 aliphatic carbocycles. The number of nitrogens with zero attached hydrogens (tertiary/aromatic N) is 4. The fourth-order valence-corrected chi connectivity index (χ4v) is 4.30. The third-order valence-corrected chi connectivity index (χ3v) is 6.76. The number of ether oxygens (including phenoxy) is 2. The number of esters is 1. The van der Waals surface area contributed by atoms with Crippen LogP contribution in [-0.4, -0.2) is 44.0 Å². The number of aryl methyl sites for hydroxylation is 2. The molecule has 3 aromatic rings. The maximum atomic E-state index is 12.3. The number of hydrogen-bond acceptors (Lipinski definition) is 9. The zero-order valence-electron chi connectivity index (χ0n) is 18.0. The summed E-state index contributed by atoms with van der Waals surface area (Å²) >= 11 is 8.35. The second-order valence-electron chi connectivity index (χ2n) is 6.65. The number of thioether (sulfide) groups is 1. The van der Waals surface area contributed by atoms with E-state index in [1.807, 2.05) is 20.0 Å². The van der Waals surface area contributed by atoms with Crippen molar-refractivity contribution in [3.8, 4) is 5.75 Å². The van der Waals surface area contributed by atoms with Crippen molar-refractivity contribution in [1.82, 2.24) is 19.7 Å². The van der Waals surface area contributed by atoms with E-state index in [2.05, 4.69) is 20.5 Å². The van der Waals surface area contributed by atoms with Gasteiger partial charge in [-0.2, -0.15) is 0 Å². The molecule has 9 nitrogen and oxygen atoms in total. The summed E-state index contributed by atoms with van der Waals surface area (Å²) in [7, 11) is 1.81. The third-order valence-electron chi connectivity index (χ3n) is 4.26. The fourth-order valence-electron chi connectivity index (χ4n) is 2.57. The summed E-state index contributed by atoms with van der Waals surface area (Å²) < 4.78 is 12.5. The number of anilines is 1. The van der Waals surface area contributed by atoms with Crippen LogP contribution in [0.3, 0.4) is 0 Å². The van der Waals surface area contributed by atoms with Gasteiger partial charge < -0.3 is 19.4 Å². The first-order chi connectivity index (χ1) is 15.3. The van der Waals surface area contributed by atoms with E-state index in [1.54, 1.807) is 30.5 Å². The average Bonchev–Trinajstić information content (AvgIpc) is 3.29. The van der Waals surface area contributed by atoms with Crippen LogP contribution in [0.25, 0.3) is 0 Å². The number of hydrogen-bond donors (Lipinski definition) is 1. The van der Waals surface area contributed by atoms with Crippen LogP contribution in [0.15, 0.2) is 23.4 Å². The average molecular weight is 496 g/mol. The fraction of sp³-hybridized carbons (Fsp3) is 0.350. The number of aromatic nitrogens is 4. The molecule has 0 bridgehead atoms. The van der Waals surface area contributed by atoms with Gasteiger partial charge in [0, 0.05) is 12.1 Å². The number of benzene rings is 1. The highest BCUT2D eigenvalue weighted by atomic mass is 35.5. The molecule has 0 unspecified atom stereocenters. The Hall–Kier alpha value is -2.63. The molecule has 12 heteroatoms. The number of carbonyl (C=O) groups excluding carboxylic acids is 2. The number of carbonyl (C=O) groups is 2. The minimum Gasteiger partial charge on any atom is -0.486 e. The maximum absolute atomic E-state index is 12.3. The Labute approximate surface area is 198 Å². The Morgan fingerprint density at radius 1 is 1.28 bits per heavy atom. The topological polar surface area (TPSA) is 108 Å². The minimum atomic E-state index is -0.444. The van der Waals surface area contributed by atoms with Crippen LogP contribution in [0.1, 0.15) is 33.7 Å². The van der Waals surface area contributed by atoms with E-state index in [1.165, 1.54) is 11.8 Å². The van der Waals surface area contributed by atoms with E-state index in [-0.39, 0.29) is 24.9 Å². The highest BCUT2D eigenvalue weighted by molar-refractivity contribution is 7.99. The molecular formula is C20H22ClN5O4S2. The van der Waals surface area contributed by atoms with Crippen molar-refractivity contribution in [2.45, 2.75) is 32.5 Å². The molecule has 0 atom stereocenters. The second kappa shape index (κ2) is 10.8. The van der Waals surface area contributed by atoms with E-state index in [0.717, 1.165) is 16.9 Å². The summed E-state index contributed by atoms with van der Waals surface area (Å²) in [5.74, 6) is 0.701. The molecule has 1 N–H and O–H groups in total. The van der Waals surface area contributed by atoms with Gasteiger partial charge in [0.2, 0.25) is 5.91 Å². The van der Waals surface area contributed by atoms with Crippen LogP contribution < -0.4 is 10.1 Å². The zero-order chi connectivity index (χ0) is 23.3. The standard InChI is InChI=1S/C20H22ClN5O4S2/c1-5-29-18(28)17-12(3)22-19(32-17)23-16(27)10-31-20-25-24-15(26(20)4)9-30-13-6-7-14(21)11(2)8-13/h6-8H,5,9-10H2,1-4H3,(H,22,23,27). The van der Waals surface area contributed by atoms with Crippen molar-refractivity contribution in [3.05, 3.63) is 45.2 Å². The molecule has 1 aromatic carbocycles. The van der Waals surface area contributed by atoms with Crippen LogP contribution in [-0.2, 0) is 23.2 Å². The lowest BCUT2D eigenvalue weighted by atomic mass is 10.2. The summed E-state index contributed by atoms with van der Waals surface area (Å²) in [4.78, 5) is 28.8. The molecule has 32 heavy (non-hydrogen) atoms. The summed E-state index contributed by atoms with van der Waals surface area (Å²) in [5.41, 5.74) is 1.44. The Balaban J connectivity index is 1.53. The lowest BCUT2D eigenvalue weighted by Crippen LogP contribution is -2.14.